The summed E-state index contributed by atoms with van der Waals surface area (Å²) in [5.74, 6) is -4.55. The van der Waals surface area contributed by atoms with E-state index >= 15 is 0 Å². The van der Waals surface area contributed by atoms with E-state index in [0.717, 1.165) is 4.47 Å². The minimum absolute atomic E-state index is 0.00694. The van der Waals surface area contributed by atoms with E-state index in [1.54, 1.807) is 109 Å². The maximum atomic E-state index is 14.0. The molecule has 0 aromatic heterocycles. The van der Waals surface area contributed by atoms with Crippen LogP contribution in [0.25, 0.3) is 0 Å². The molecule has 7 nitrogen and oxygen atoms in total. The van der Waals surface area contributed by atoms with Crippen LogP contribution in [0.5, 0.6) is 0 Å². The van der Waals surface area contributed by atoms with E-state index in [1.165, 1.54) is 12.1 Å². The van der Waals surface area contributed by atoms with Crippen LogP contribution in [0.2, 0.25) is 0 Å². The van der Waals surface area contributed by atoms with Gasteiger partial charge in [-0.1, -0.05) is 111 Å². The number of carboxylic acid groups (broad SMARTS) is 2. The molecule has 0 spiro atoms. The summed E-state index contributed by atoms with van der Waals surface area (Å²) in [6, 6.07) is 33.3. The van der Waals surface area contributed by atoms with Gasteiger partial charge in [0, 0.05) is 50.8 Å². The number of benzene rings is 5. The summed E-state index contributed by atoms with van der Waals surface area (Å²) in [6.45, 7) is 0. The van der Waals surface area contributed by atoms with Gasteiger partial charge < -0.3 is 10.2 Å². The maximum absolute atomic E-state index is 14.0. The quantitative estimate of drug-likeness (QED) is 0.108. The monoisotopic (exact) mass is 780 g/mol. The van der Waals surface area contributed by atoms with Gasteiger partial charge >= 0.3 is 11.9 Å². The van der Waals surface area contributed by atoms with Gasteiger partial charge in [0.05, 0.1) is 11.1 Å². The van der Waals surface area contributed by atoms with E-state index in [2.05, 4.69) is 31.9 Å². The van der Waals surface area contributed by atoms with Gasteiger partial charge in [0.1, 0.15) is 0 Å². The highest BCUT2D eigenvalue weighted by atomic mass is 79.9. The third-order valence-electron chi connectivity index (χ3n) is 8.35. The Morgan fingerprint density at radius 3 is 1.43 bits per heavy atom. The van der Waals surface area contributed by atoms with Crippen LogP contribution in [-0.4, -0.2) is 39.5 Å². The van der Waals surface area contributed by atoms with Crippen LogP contribution >= 0.6 is 31.9 Å². The molecule has 49 heavy (non-hydrogen) atoms. The molecule has 0 aliphatic carbocycles. The zero-order valence-electron chi connectivity index (χ0n) is 26.0. The molecule has 0 amide bonds. The third kappa shape index (κ3) is 8.73. The molecule has 5 rings (SSSR count). The van der Waals surface area contributed by atoms with Gasteiger partial charge in [-0.05, 0) is 65.1 Å². The first-order valence-electron chi connectivity index (χ1n) is 15.4. The van der Waals surface area contributed by atoms with Gasteiger partial charge in [-0.3, -0.25) is 14.4 Å². The molecule has 2 N–H and O–H groups in total. The van der Waals surface area contributed by atoms with Crippen molar-refractivity contribution in [2.45, 2.75) is 31.1 Å². The molecule has 5 aromatic rings. The van der Waals surface area contributed by atoms with Crippen LogP contribution in [0.15, 0.2) is 130 Å². The molecule has 0 heterocycles. The van der Waals surface area contributed by atoms with Crippen LogP contribution in [0.1, 0.15) is 99.6 Å². The molecule has 2 unspecified atom stereocenters. The van der Waals surface area contributed by atoms with Crippen molar-refractivity contribution in [1.82, 2.24) is 0 Å². The lowest BCUT2D eigenvalue weighted by molar-refractivity contribution is 0.0684. The average Bonchev–Trinajstić information content (AvgIpc) is 3.10. The van der Waals surface area contributed by atoms with Crippen LogP contribution < -0.4 is 0 Å². The Bertz CT molecular complexity index is 2070. The fraction of sp³-hybridized carbons (Fsp3) is 0.125. The molecule has 0 radical (unpaired) electrons. The number of aromatic carboxylic acids is 2. The van der Waals surface area contributed by atoms with E-state index in [-0.39, 0.29) is 53.3 Å². The Kier molecular flexibility index (Phi) is 11.5. The summed E-state index contributed by atoms with van der Waals surface area (Å²) in [7, 11) is 0. The number of hydrogen-bond donors (Lipinski definition) is 2. The summed E-state index contributed by atoms with van der Waals surface area (Å²) in [5, 5.41) is 20.0. The third-order valence-corrected chi connectivity index (χ3v) is 9.34. The lowest BCUT2D eigenvalue weighted by atomic mass is 9.81. The van der Waals surface area contributed by atoms with Crippen LogP contribution in [0.4, 0.5) is 0 Å². The van der Waals surface area contributed by atoms with Gasteiger partial charge in [0.25, 0.3) is 0 Å². The maximum Gasteiger partial charge on any atom is 0.335 e. The number of carbonyl (C=O) groups excluding carboxylic acids is 3. The lowest BCUT2D eigenvalue weighted by Crippen LogP contribution is -2.16. The first-order chi connectivity index (χ1) is 23.5. The topological polar surface area (TPSA) is 126 Å². The molecule has 0 fully saturated rings. The van der Waals surface area contributed by atoms with Gasteiger partial charge in [0.15, 0.2) is 17.3 Å². The molecule has 2 atom stereocenters. The van der Waals surface area contributed by atoms with Crippen molar-refractivity contribution in [3.05, 3.63) is 175 Å². The fourth-order valence-corrected chi connectivity index (χ4v) is 6.78. The highest BCUT2D eigenvalue weighted by Crippen LogP contribution is 2.35. The van der Waals surface area contributed by atoms with Gasteiger partial charge in [-0.2, -0.15) is 0 Å². The SMILES string of the molecule is O=C(CC(CC(=O)c1cccc(C(CC(=O)c2cccc(Br)c2)c2ccccc2C(=O)O)c1)c1ccccc1C(=O)O)c1cccc(Br)c1. The Hall–Kier alpha value is -4.99. The molecule has 0 aliphatic heterocycles. The summed E-state index contributed by atoms with van der Waals surface area (Å²) in [6.07, 6.45) is -0.336. The summed E-state index contributed by atoms with van der Waals surface area (Å²) < 4.78 is 1.44. The van der Waals surface area contributed by atoms with Crippen molar-refractivity contribution in [2.75, 3.05) is 0 Å². The Morgan fingerprint density at radius 2 is 0.918 bits per heavy atom. The Balaban J connectivity index is 1.52. The first-order valence-corrected chi connectivity index (χ1v) is 17.0. The van der Waals surface area contributed by atoms with E-state index in [4.69, 9.17) is 0 Å². The summed E-state index contributed by atoms with van der Waals surface area (Å²) in [5.41, 5.74) is 2.58. The molecule has 0 aliphatic rings. The van der Waals surface area contributed by atoms with E-state index in [0.29, 0.717) is 32.3 Å². The molecule has 9 heteroatoms. The molecule has 0 saturated carbocycles. The lowest BCUT2D eigenvalue weighted by Gasteiger charge is -2.21. The second-order valence-electron chi connectivity index (χ2n) is 11.6. The number of rotatable bonds is 14. The molecule has 0 saturated heterocycles. The Morgan fingerprint density at radius 1 is 0.490 bits per heavy atom. The van der Waals surface area contributed by atoms with E-state index < -0.39 is 23.8 Å². The minimum Gasteiger partial charge on any atom is -0.478 e. The largest absolute Gasteiger partial charge is 0.478 e. The number of Topliss-reactive ketones (excluding diaryl/α,β-unsaturated/α-hetero) is 3. The van der Waals surface area contributed by atoms with Crippen molar-refractivity contribution < 1.29 is 34.2 Å². The molecular weight excluding hydrogens is 752 g/mol. The Labute approximate surface area is 299 Å². The van der Waals surface area contributed by atoms with Crippen molar-refractivity contribution in [1.29, 1.82) is 0 Å². The molecule has 0 bridgehead atoms. The second-order valence-corrected chi connectivity index (χ2v) is 13.4. The molecule has 246 valence electrons. The van der Waals surface area contributed by atoms with Gasteiger partial charge in [-0.25, -0.2) is 9.59 Å². The smallest absolute Gasteiger partial charge is 0.335 e. The number of ketones is 3. The summed E-state index contributed by atoms with van der Waals surface area (Å²) >= 11 is 6.78. The highest BCUT2D eigenvalue weighted by molar-refractivity contribution is 9.10. The van der Waals surface area contributed by atoms with Crippen molar-refractivity contribution in [3.8, 4) is 0 Å². The second kappa shape index (κ2) is 15.9. The van der Waals surface area contributed by atoms with Gasteiger partial charge in [-0.15, -0.1) is 0 Å². The van der Waals surface area contributed by atoms with Crippen molar-refractivity contribution in [3.63, 3.8) is 0 Å². The minimum atomic E-state index is -1.17. The fourth-order valence-electron chi connectivity index (χ4n) is 5.98. The molecular formula is C40H30Br2O7. The predicted octanol–water partition coefficient (Wildman–Crippen LogP) is 9.64. The standard InChI is InChI=1S/C40H30Br2O7/c41-29-12-6-10-26(19-29)37(44)22-28(31-14-1-3-16-33(31)39(46)47)21-36(43)25-9-5-8-24(18-25)35(32-15-2-4-17-34(32)40(48)49)23-38(45)27-11-7-13-30(42)20-27/h1-20,28,35H,21-23H2,(H,46,47)(H,48,49). The van der Waals surface area contributed by atoms with E-state index in [9.17, 15) is 34.2 Å². The van der Waals surface area contributed by atoms with Crippen molar-refractivity contribution in [2.24, 2.45) is 0 Å². The van der Waals surface area contributed by atoms with Crippen LogP contribution in [-0.2, 0) is 0 Å². The molecule has 5 aromatic carbocycles. The number of halogens is 2. The van der Waals surface area contributed by atoms with E-state index in [1.807, 2.05) is 0 Å². The number of carboxylic acids is 2. The first kappa shape index (κ1) is 35.3. The highest BCUT2D eigenvalue weighted by Gasteiger charge is 2.28. The summed E-state index contributed by atoms with van der Waals surface area (Å²) in [4.78, 5) is 65.5. The van der Waals surface area contributed by atoms with Crippen LogP contribution in [0, 0.1) is 0 Å². The van der Waals surface area contributed by atoms with Crippen LogP contribution in [0.3, 0.4) is 0 Å². The predicted molar refractivity (Wildman–Crippen MR) is 193 cm³/mol. The average molecular weight is 782 g/mol. The van der Waals surface area contributed by atoms with Gasteiger partial charge in [0.2, 0.25) is 0 Å². The van der Waals surface area contributed by atoms with Crippen molar-refractivity contribution >= 4 is 61.1 Å². The zero-order chi connectivity index (χ0) is 35.1. The number of hydrogen-bond acceptors (Lipinski definition) is 5. The normalized spacial score (nSPS) is 12.1. The zero-order valence-corrected chi connectivity index (χ0v) is 29.2. The number of carbonyl (C=O) groups is 5.